The number of hydrogen-bond donors (Lipinski definition) is 8. The minimum absolute atomic E-state index is 0.667. The molecule has 0 radical (unpaired) electrons. The molecule has 2 heterocycles. The van der Waals surface area contributed by atoms with Crippen LogP contribution in [0.2, 0.25) is 0 Å². The van der Waals surface area contributed by atoms with E-state index >= 15 is 0 Å². The number of ether oxygens (including phenoxy) is 3. The van der Waals surface area contributed by atoms with Crippen LogP contribution in [0.25, 0.3) is 0 Å². The van der Waals surface area contributed by atoms with Crippen LogP contribution in [-0.2, 0) is 14.2 Å². The first-order valence-electron chi connectivity index (χ1n) is 7.08. The first kappa shape index (κ1) is 18.9. The Kier molecular flexibility index (Phi) is 6.27. The third-order valence-electron chi connectivity index (χ3n) is 3.97. The van der Waals surface area contributed by atoms with Crippen molar-refractivity contribution >= 4 is 0 Å². The molecule has 4 unspecified atom stereocenters. The fraction of sp³-hybridized carbons (Fsp3) is 1.00. The van der Waals surface area contributed by atoms with Gasteiger partial charge in [0.25, 0.3) is 0 Å². The van der Waals surface area contributed by atoms with Gasteiger partial charge in [-0.05, 0) is 0 Å². The Balaban J connectivity index is 2.07. The summed E-state index contributed by atoms with van der Waals surface area (Å²) in [6, 6.07) is 0. The molecule has 2 aliphatic rings. The second-order valence-corrected chi connectivity index (χ2v) is 5.53. The zero-order valence-corrected chi connectivity index (χ0v) is 12.0. The second-order valence-electron chi connectivity index (χ2n) is 5.53. The summed E-state index contributed by atoms with van der Waals surface area (Å²) in [5.41, 5.74) is 0. The molecule has 0 saturated carbocycles. The summed E-state index contributed by atoms with van der Waals surface area (Å²) in [4.78, 5) is 0. The Labute approximate surface area is 130 Å². The van der Waals surface area contributed by atoms with Crippen molar-refractivity contribution in [3.8, 4) is 0 Å². The summed E-state index contributed by atoms with van der Waals surface area (Å²) in [5, 5.41) is 76.4. The first-order chi connectivity index (χ1) is 10.8. The Morgan fingerprint density at radius 1 is 0.565 bits per heavy atom. The molecule has 2 aliphatic heterocycles. The van der Waals surface area contributed by atoms with E-state index in [9.17, 15) is 30.6 Å². The Bertz CT molecular complexity index is 344. The molecule has 0 aromatic rings. The molecular weight excluding hydrogens is 320 g/mol. The Morgan fingerprint density at radius 3 is 1.22 bits per heavy atom. The molecule has 23 heavy (non-hydrogen) atoms. The molecule has 0 spiro atoms. The lowest BCUT2D eigenvalue weighted by atomic mass is 9.98. The summed E-state index contributed by atoms with van der Waals surface area (Å²) >= 11 is 0. The average molecular weight is 342 g/mol. The molecule has 0 aliphatic carbocycles. The van der Waals surface area contributed by atoms with Gasteiger partial charge in [0, 0.05) is 0 Å². The van der Waals surface area contributed by atoms with E-state index in [-0.39, 0.29) is 0 Å². The highest BCUT2D eigenvalue weighted by atomic mass is 16.8. The van der Waals surface area contributed by atoms with Crippen molar-refractivity contribution in [1.29, 1.82) is 0 Å². The van der Waals surface area contributed by atoms with Gasteiger partial charge in [0.2, 0.25) is 0 Å². The number of hydrogen-bond acceptors (Lipinski definition) is 11. The van der Waals surface area contributed by atoms with E-state index < -0.39 is 74.6 Å². The van der Waals surface area contributed by atoms with Crippen LogP contribution in [0.1, 0.15) is 0 Å². The zero-order valence-electron chi connectivity index (χ0n) is 12.0. The van der Waals surface area contributed by atoms with E-state index in [1.165, 1.54) is 0 Å². The van der Waals surface area contributed by atoms with Crippen molar-refractivity contribution in [2.75, 3.05) is 13.2 Å². The topological polar surface area (TPSA) is 190 Å². The van der Waals surface area contributed by atoms with Crippen LogP contribution in [-0.4, -0.2) is 115 Å². The molecule has 11 heteroatoms. The molecule has 0 aromatic heterocycles. The van der Waals surface area contributed by atoms with Crippen molar-refractivity contribution in [2.45, 2.75) is 61.4 Å². The first-order valence-corrected chi connectivity index (χ1v) is 7.08. The van der Waals surface area contributed by atoms with E-state index in [4.69, 9.17) is 24.4 Å². The van der Waals surface area contributed by atoms with E-state index in [2.05, 4.69) is 0 Å². The van der Waals surface area contributed by atoms with Crippen molar-refractivity contribution in [3.63, 3.8) is 0 Å². The third-order valence-corrected chi connectivity index (χ3v) is 3.97. The summed E-state index contributed by atoms with van der Waals surface area (Å²) in [6.45, 7) is -1.33. The lowest BCUT2D eigenvalue weighted by molar-refractivity contribution is -0.376. The van der Waals surface area contributed by atoms with E-state index in [1.54, 1.807) is 0 Å². The van der Waals surface area contributed by atoms with Gasteiger partial charge in [-0.15, -0.1) is 0 Å². The summed E-state index contributed by atoms with van der Waals surface area (Å²) in [7, 11) is 0. The van der Waals surface area contributed by atoms with E-state index in [0.717, 1.165) is 0 Å². The molecule has 0 aromatic carbocycles. The lowest BCUT2D eigenvalue weighted by Gasteiger charge is -2.44. The highest BCUT2D eigenvalue weighted by Crippen LogP contribution is 2.27. The highest BCUT2D eigenvalue weighted by Gasteiger charge is 2.49. The van der Waals surface area contributed by atoms with E-state index in [1.807, 2.05) is 0 Å². The number of aliphatic hydroxyl groups excluding tert-OH is 8. The van der Waals surface area contributed by atoms with Gasteiger partial charge in [-0.3, -0.25) is 0 Å². The largest absolute Gasteiger partial charge is 0.394 e. The minimum atomic E-state index is -1.72. The average Bonchev–Trinajstić information content (AvgIpc) is 2.55. The van der Waals surface area contributed by atoms with E-state index in [0.29, 0.717) is 0 Å². The van der Waals surface area contributed by atoms with Crippen molar-refractivity contribution < 1.29 is 55.1 Å². The molecule has 0 bridgehead atoms. The molecule has 2 fully saturated rings. The maximum absolute atomic E-state index is 9.84. The normalized spacial score (nSPS) is 51.7. The number of rotatable bonds is 4. The second kappa shape index (κ2) is 7.63. The quantitative estimate of drug-likeness (QED) is 0.243. The van der Waals surface area contributed by atoms with Crippen molar-refractivity contribution in [2.24, 2.45) is 0 Å². The predicted molar refractivity (Wildman–Crippen MR) is 68.6 cm³/mol. The zero-order chi connectivity index (χ0) is 17.3. The van der Waals surface area contributed by atoms with Gasteiger partial charge in [-0.2, -0.15) is 0 Å². The van der Waals surface area contributed by atoms with Crippen LogP contribution in [0.4, 0.5) is 0 Å². The fourth-order valence-corrected chi connectivity index (χ4v) is 2.49. The monoisotopic (exact) mass is 342 g/mol. The maximum Gasteiger partial charge on any atom is 0.189 e. The molecular formula is C12H22O11. The van der Waals surface area contributed by atoms with Crippen LogP contribution in [0, 0.1) is 0 Å². The van der Waals surface area contributed by atoms with Gasteiger partial charge in [-0.25, -0.2) is 0 Å². The van der Waals surface area contributed by atoms with Crippen LogP contribution in [0.15, 0.2) is 0 Å². The van der Waals surface area contributed by atoms with Crippen LogP contribution >= 0.6 is 0 Å². The summed E-state index contributed by atoms with van der Waals surface area (Å²) in [6.07, 6.45) is -15.6. The predicted octanol–water partition coefficient (Wildman–Crippen LogP) is -5.40. The molecule has 11 nitrogen and oxygen atoms in total. The highest BCUT2D eigenvalue weighted by molar-refractivity contribution is 4.92. The Morgan fingerprint density at radius 2 is 0.913 bits per heavy atom. The molecule has 2 rings (SSSR count). The van der Waals surface area contributed by atoms with Gasteiger partial charge in [-0.1, -0.05) is 0 Å². The van der Waals surface area contributed by atoms with Crippen LogP contribution < -0.4 is 0 Å². The lowest BCUT2D eigenvalue weighted by Crippen LogP contribution is -2.63. The smallest absolute Gasteiger partial charge is 0.189 e. The SMILES string of the molecule is OCC1O[C@@H](O[C@H]2OC(CO)[C@@H](O)[C@@H](O)C2O)[C@@H](O)C(O)[C@@H]1O. The summed E-state index contributed by atoms with van der Waals surface area (Å²) < 4.78 is 15.3. The van der Waals surface area contributed by atoms with Gasteiger partial charge >= 0.3 is 0 Å². The fourth-order valence-electron chi connectivity index (χ4n) is 2.49. The molecule has 0 amide bonds. The van der Waals surface area contributed by atoms with Crippen molar-refractivity contribution in [3.05, 3.63) is 0 Å². The van der Waals surface area contributed by atoms with Crippen LogP contribution in [0.3, 0.4) is 0 Å². The van der Waals surface area contributed by atoms with Gasteiger partial charge in [0.1, 0.15) is 48.8 Å². The molecule has 2 saturated heterocycles. The van der Waals surface area contributed by atoms with Gasteiger partial charge < -0.3 is 55.1 Å². The van der Waals surface area contributed by atoms with Crippen LogP contribution in [0.5, 0.6) is 0 Å². The third kappa shape index (κ3) is 3.65. The summed E-state index contributed by atoms with van der Waals surface area (Å²) in [5.74, 6) is 0. The maximum atomic E-state index is 9.84. The molecule has 8 N–H and O–H groups in total. The van der Waals surface area contributed by atoms with Gasteiger partial charge in [0.15, 0.2) is 12.6 Å². The standard InChI is InChI=1S/C12H22O11/c13-1-3-5(15)7(17)9(19)11(21-3)23-12-10(20)8(18)6(16)4(2-14)22-12/h3-20H,1-2H2/t3?,4?,5-,6-,7-,8?,9?,10+,11-,12+/m1/s1. The van der Waals surface area contributed by atoms with Crippen molar-refractivity contribution in [1.82, 2.24) is 0 Å². The Hall–Kier alpha value is -0.440. The number of aliphatic hydroxyl groups is 8. The van der Waals surface area contributed by atoms with Gasteiger partial charge in [0.05, 0.1) is 13.2 Å². The molecule has 136 valence electrons. The molecule has 10 atom stereocenters. The minimum Gasteiger partial charge on any atom is -0.394 e.